The van der Waals surface area contributed by atoms with Gasteiger partial charge in [-0.05, 0) is 20.3 Å². The SMILES string of the molecule is CC1(O)C=CC=CC1CC1C=CC=CC1(C)O. The minimum absolute atomic E-state index is 0.0418. The molecule has 0 bridgehead atoms. The molecular weight excluding hydrogens is 212 g/mol. The smallest absolute Gasteiger partial charge is 0.0865 e. The van der Waals surface area contributed by atoms with Crippen LogP contribution in [0, 0.1) is 11.8 Å². The van der Waals surface area contributed by atoms with E-state index in [0.29, 0.717) is 0 Å². The number of aliphatic hydroxyl groups is 2. The highest BCUT2D eigenvalue weighted by Crippen LogP contribution is 2.35. The molecule has 2 aliphatic rings. The summed E-state index contributed by atoms with van der Waals surface area (Å²) in [4.78, 5) is 0. The first-order chi connectivity index (χ1) is 7.92. The van der Waals surface area contributed by atoms with Crippen LogP contribution in [-0.2, 0) is 0 Å². The van der Waals surface area contributed by atoms with Crippen LogP contribution in [0.15, 0.2) is 48.6 Å². The summed E-state index contributed by atoms with van der Waals surface area (Å²) < 4.78 is 0. The van der Waals surface area contributed by atoms with E-state index in [0.717, 1.165) is 6.42 Å². The fourth-order valence-corrected chi connectivity index (χ4v) is 2.44. The van der Waals surface area contributed by atoms with Gasteiger partial charge in [-0.1, -0.05) is 48.6 Å². The molecule has 2 N–H and O–H groups in total. The van der Waals surface area contributed by atoms with Crippen LogP contribution in [0.3, 0.4) is 0 Å². The molecule has 0 aliphatic heterocycles. The Bertz CT molecular complexity index is 359. The highest BCUT2D eigenvalue weighted by Gasteiger charge is 2.36. The summed E-state index contributed by atoms with van der Waals surface area (Å²) in [6.45, 7) is 3.63. The monoisotopic (exact) mass is 232 g/mol. The van der Waals surface area contributed by atoms with Crippen molar-refractivity contribution in [2.45, 2.75) is 31.5 Å². The molecule has 2 rings (SSSR count). The lowest BCUT2D eigenvalue weighted by atomic mass is 9.73. The standard InChI is InChI=1S/C15H20O2/c1-14(16)9-5-3-7-12(14)11-13-8-4-6-10-15(13,2)17/h3-10,12-13,16-17H,11H2,1-2H3. The second-order valence-electron chi connectivity index (χ2n) is 5.39. The Labute approximate surface area is 103 Å². The van der Waals surface area contributed by atoms with Crippen LogP contribution < -0.4 is 0 Å². The van der Waals surface area contributed by atoms with Crippen molar-refractivity contribution >= 4 is 0 Å². The second-order valence-corrected chi connectivity index (χ2v) is 5.39. The van der Waals surface area contributed by atoms with Crippen molar-refractivity contribution in [2.75, 3.05) is 0 Å². The van der Waals surface area contributed by atoms with E-state index in [-0.39, 0.29) is 11.8 Å². The molecule has 2 nitrogen and oxygen atoms in total. The summed E-state index contributed by atoms with van der Waals surface area (Å²) in [7, 11) is 0. The van der Waals surface area contributed by atoms with E-state index in [2.05, 4.69) is 0 Å². The lowest BCUT2D eigenvalue weighted by molar-refractivity contribution is 0.0199. The van der Waals surface area contributed by atoms with Gasteiger partial charge >= 0.3 is 0 Å². The van der Waals surface area contributed by atoms with Crippen molar-refractivity contribution in [1.82, 2.24) is 0 Å². The van der Waals surface area contributed by atoms with Crippen molar-refractivity contribution in [3.8, 4) is 0 Å². The molecule has 92 valence electrons. The van der Waals surface area contributed by atoms with Crippen LogP contribution in [0.1, 0.15) is 20.3 Å². The summed E-state index contributed by atoms with van der Waals surface area (Å²) in [5.41, 5.74) is -1.64. The first-order valence-electron chi connectivity index (χ1n) is 6.09. The zero-order chi connectivity index (χ0) is 12.5. The van der Waals surface area contributed by atoms with Gasteiger partial charge in [0.05, 0.1) is 11.2 Å². The summed E-state index contributed by atoms with van der Waals surface area (Å²) >= 11 is 0. The highest BCUT2D eigenvalue weighted by molar-refractivity contribution is 5.24. The summed E-state index contributed by atoms with van der Waals surface area (Å²) in [5.74, 6) is 0.0836. The Balaban J connectivity index is 2.11. The molecule has 2 heteroatoms. The van der Waals surface area contributed by atoms with E-state index in [4.69, 9.17) is 0 Å². The van der Waals surface area contributed by atoms with Gasteiger partial charge in [-0.15, -0.1) is 0 Å². The maximum atomic E-state index is 10.3. The molecule has 0 saturated heterocycles. The van der Waals surface area contributed by atoms with E-state index in [1.165, 1.54) is 0 Å². The molecule has 0 radical (unpaired) electrons. The molecule has 0 amide bonds. The predicted octanol–water partition coefficient (Wildman–Crippen LogP) is 2.36. The van der Waals surface area contributed by atoms with Crippen molar-refractivity contribution in [3.05, 3.63) is 48.6 Å². The zero-order valence-electron chi connectivity index (χ0n) is 10.4. The van der Waals surface area contributed by atoms with Crippen molar-refractivity contribution in [1.29, 1.82) is 0 Å². The third-order valence-corrected chi connectivity index (χ3v) is 3.79. The van der Waals surface area contributed by atoms with Gasteiger partial charge in [0.15, 0.2) is 0 Å². The van der Waals surface area contributed by atoms with Crippen LogP contribution in [0.5, 0.6) is 0 Å². The highest BCUT2D eigenvalue weighted by atomic mass is 16.3. The molecule has 17 heavy (non-hydrogen) atoms. The van der Waals surface area contributed by atoms with Crippen LogP contribution in [0.4, 0.5) is 0 Å². The predicted molar refractivity (Wildman–Crippen MR) is 69.4 cm³/mol. The van der Waals surface area contributed by atoms with Gasteiger partial charge in [-0.25, -0.2) is 0 Å². The first-order valence-corrected chi connectivity index (χ1v) is 6.09. The summed E-state index contributed by atoms with van der Waals surface area (Å²) in [6.07, 6.45) is 16.0. The molecule has 0 spiro atoms. The quantitative estimate of drug-likeness (QED) is 0.767. The lowest BCUT2D eigenvalue weighted by Crippen LogP contribution is -2.39. The molecule has 4 atom stereocenters. The number of hydrogen-bond donors (Lipinski definition) is 2. The van der Waals surface area contributed by atoms with Gasteiger partial charge in [0, 0.05) is 11.8 Å². The Kier molecular flexibility index (Phi) is 3.11. The molecule has 0 aromatic heterocycles. The topological polar surface area (TPSA) is 40.5 Å². The average Bonchev–Trinajstić information content (AvgIpc) is 2.23. The third-order valence-electron chi connectivity index (χ3n) is 3.79. The van der Waals surface area contributed by atoms with Gasteiger partial charge in [0.25, 0.3) is 0 Å². The van der Waals surface area contributed by atoms with E-state index in [9.17, 15) is 10.2 Å². The fraction of sp³-hybridized carbons (Fsp3) is 0.467. The average molecular weight is 232 g/mol. The maximum Gasteiger partial charge on any atom is 0.0865 e. The Morgan fingerprint density at radius 3 is 1.59 bits per heavy atom. The summed E-state index contributed by atoms with van der Waals surface area (Å²) in [6, 6.07) is 0. The maximum absolute atomic E-state index is 10.3. The van der Waals surface area contributed by atoms with E-state index in [1.54, 1.807) is 0 Å². The van der Waals surface area contributed by atoms with Gasteiger partial charge < -0.3 is 10.2 Å². The Hall–Kier alpha value is -1.12. The van der Waals surface area contributed by atoms with Crippen LogP contribution >= 0.6 is 0 Å². The van der Waals surface area contributed by atoms with Crippen LogP contribution in [0.2, 0.25) is 0 Å². The van der Waals surface area contributed by atoms with Crippen molar-refractivity contribution < 1.29 is 10.2 Å². The third kappa shape index (κ3) is 2.59. The van der Waals surface area contributed by atoms with E-state index >= 15 is 0 Å². The first kappa shape index (κ1) is 12.3. The Morgan fingerprint density at radius 2 is 1.24 bits per heavy atom. The van der Waals surface area contributed by atoms with E-state index < -0.39 is 11.2 Å². The second kappa shape index (κ2) is 4.28. The molecule has 2 aliphatic carbocycles. The van der Waals surface area contributed by atoms with E-state index in [1.807, 2.05) is 62.5 Å². The van der Waals surface area contributed by atoms with Gasteiger partial charge in [0.2, 0.25) is 0 Å². The zero-order valence-corrected chi connectivity index (χ0v) is 10.4. The summed E-state index contributed by atoms with van der Waals surface area (Å²) in [5, 5.41) is 20.5. The van der Waals surface area contributed by atoms with Crippen LogP contribution in [0.25, 0.3) is 0 Å². The molecule has 0 fully saturated rings. The van der Waals surface area contributed by atoms with Gasteiger partial charge in [-0.3, -0.25) is 0 Å². The minimum Gasteiger partial charge on any atom is -0.385 e. The van der Waals surface area contributed by atoms with Crippen molar-refractivity contribution in [2.24, 2.45) is 11.8 Å². The number of hydrogen-bond acceptors (Lipinski definition) is 2. The van der Waals surface area contributed by atoms with Crippen molar-refractivity contribution in [3.63, 3.8) is 0 Å². The fourth-order valence-electron chi connectivity index (χ4n) is 2.44. The van der Waals surface area contributed by atoms with Gasteiger partial charge in [0.1, 0.15) is 0 Å². The molecule has 0 aromatic rings. The Morgan fingerprint density at radius 1 is 0.824 bits per heavy atom. The molecule has 0 heterocycles. The number of rotatable bonds is 2. The van der Waals surface area contributed by atoms with Crippen LogP contribution in [-0.4, -0.2) is 21.4 Å². The minimum atomic E-state index is -0.820. The largest absolute Gasteiger partial charge is 0.385 e. The molecule has 0 aromatic carbocycles. The lowest BCUT2D eigenvalue weighted by Gasteiger charge is -2.37. The molecule has 4 unspecified atom stereocenters. The molecule has 0 saturated carbocycles. The number of allylic oxidation sites excluding steroid dienone is 4. The van der Waals surface area contributed by atoms with Gasteiger partial charge in [-0.2, -0.15) is 0 Å². The normalized spacial score (nSPS) is 44.2. The molecular formula is C15H20O2.